The molecule has 0 aliphatic heterocycles. The number of fused-ring (bicyclic) bond motifs is 1. The van der Waals surface area contributed by atoms with E-state index in [0.29, 0.717) is 5.82 Å². The van der Waals surface area contributed by atoms with Gasteiger partial charge in [-0.3, -0.25) is 4.79 Å². The van der Waals surface area contributed by atoms with Crippen LogP contribution in [-0.2, 0) is 10.2 Å². The Hall–Kier alpha value is -2.41. The Balaban J connectivity index is 1.51. The average molecular weight is 303 g/mol. The molecule has 3 saturated carbocycles. The van der Waals surface area contributed by atoms with E-state index in [4.69, 9.17) is 0 Å². The van der Waals surface area contributed by atoms with Gasteiger partial charge in [0.25, 0.3) is 0 Å². The monoisotopic (exact) mass is 303 g/mol. The first-order valence-electron chi connectivity index (χ1n) is 8.28. The summed E-state index contributed by atoms with van der Waals surface area (Å²) in [7, 11) is 0. The lowest BCUT2D eigenvalue weighted by molar-refractivity contribution is -0.117. The first-order valence-corrected chi connectivity index (χ1v) is 8.28. The van der Waals surface area contributed by atoms with Crippen LogP contribution in [0.2, 0.25) is 0 Å². The second kappa shape index (κ2) is 4.11. The van der Waals surface area contributed by atoms with Crippen molar-refractivity contribution in [3.63, 3.8) is 0 Å². The van der Waals surface area contributed by atoms with Crippen LogP contribution in [0.5, 0.6) is 0 Å². The summed E-state index contributed by atoms with van der Waals surface area (Å²) in [5.41, 5.74) is 1.11. The zero-order valence-electron chi connectivity index (χ0n) is 12.8. The van der Waals surface area contributed by atoms with Gasteiger partial charge >= 0.3 is 0 Å². The smallest absolute Gasteiger partial charge is 0.228 e. The Morgan fingerprint density at radius 3 is 2.74 bits per heavy atom. The number of benzene rings is 1. The molecule has 23 heavy (non-hydrogen) atoms. The zero-order chi connectivity index (χ0) is 15.7. The molecule has 4 nitrogen and oxygen atoms in total. The highest BCUT2D eigenvalue weighted by molar-refractivity contribution is 5.95. The van der Waals surface area contributed by atoms with E-state index in [-0.39, 0.29) is 22.7 Å². The molecule has 0 bridgehead atoms. The van der Waals surface area contributed by atoms with Crippen molar-refractivity contribution in [2.24, 2.45) is 11.3 Å². The van der Waals surface area contributed by atoms with Crippen LogP contribution in [0.3, 0.4) is 0 Å². The standard InChI is InChI=1S/C19H17N3O/c20-11-19(10-18(19)5-6-18)15-4-3-13-9-21-16(8-14(13)7-15)22-17(23)12-1-2-12/h3-4,7-9,12H,1-2,5-6,10H2,(H,21,22,23)/t19-/m0/s1. The lowest BCUT2D eigenvalue weighted by Crippen LogP contribution is -2.14. The Morgan fingerprint density at radius 2 is 2.09 bits per heavy atom. The fourth-order valence-electron chi connectivity index (χ4n) is 3.90. The number of nitriles is 1. The highest BCUT2D eigenvalue weighted by atomic mass is 16.2. The maximum absolute atomic E-state index is 11.9. The van der Waals surface area contributed by atoms with Crippen LogP contribution >= 0.6 is 0 Å². The van der Waals surface area contributed by atoms with E-state index in [9.17, 15) is 10.1 Å². The van der Waals surface area contributed by atoms with Crippen molar-refractivity contribution < 1.29 is 4.79 Å². The molecule has 0 unspecified atom stereocenters. The van der Waals surface area contributed by atoms with Crippen LogP contribution in [0.15, 0.2) is 30.5 Å². The summed E-state index contributed by atoms with van der Waals surface area (Å²) in [6.07, 6.45) is 7.11. The third kappa shape index (κ3) is 1.83. The molecule has 4 heteroatoms. The van der Waals surface area contributed by atoms with Gasteiger partial charge in [0.2, 0.25) is 5.91 Å². The molecular formula is C19H17N3O. The Labute approximate surface area is 134 Å². The zero-order valence-corrected chi connectivity index (χ0v) is 12.8. The van der Waals surface area contributed by atoms with Gasteiger partial charge in [0, 0.05) is 17.5 Å². The van der Waals surface area contributed by atoms with E-state index < -0.39 is 0 Å². The van der Waals surface area contributed by atoms with Crippen LogP contribution in [0.1, 0.15) is 37.7 Å². The first-order chi connectivity index (χ1) is 11.2. The van der Waals surface area contributed by atoms with E-state index in [1.54, 1.807) is 6.20 Å². The number of pyridine rings is 1. The van der Waals surface area contributed by atoms with Crippen molar-refractivity contribution in [1.82, 2.24) is 4.98 Å². The molecular weight excluding hydrogens is 286 g/mol. The number of nitrogens with one attached hydrogen (secondary N) is 1. The lowest BCUT2D eigenvalue weighted by Gasteiger charge is -2.11. The van der Waals surface area contributed by atoms with Crippen molar-refractivity contribution in [3.05, 3.63) is 36.0 Å². The van der Waals surface area contributed by atoms with Gasteiger partial charge in [-0.15, -0.1) is 0 Å². The van der Waals surface area contributed by atoms with Gasteiger partial charge in [-0.25, -0.2) is 4.98 Å². The van der Waals surface area contributed by atoms with Crippen LogP contribution in [0.4, 0.5) is 5.82 Å². The highest BCUT2D eigenvalue weighted by Gasteiger charge is 2.75. The number of carbonyl (C=O) groups excluding carboxylic acids is 1. The predicted molar refractivity (Wildman–Crippen MR) is 86.7 cm³/mol. The topological polar surface area (TPSA) is 65.8 Å². The van der Waals surface area contributed by atoms with Gasteiger partial charge in [0.15, 0.2) is 0 Å². The SMILES string of the molecule is N#C[C@]1(c2ccc3cnc(NC(=O)C4CC4)cc3c2)CC12CC2. The molecule has 1 amide bonds. The van der Waals surface area contributed by atoms with Gasteiger partial charge in [-0.2, -0.15) is 5.26 Å². The summed E-state index contributed by atoms with van der Waals surface area (Å²) in [4.78, 5) is 16.2. The van der Waals surface area contributed by atoms with Crippen LogP contribution in [0.25, 0.3) is 10.8 Å². The van der Waals surface area contributed by atoms with E-state index in [1.165, 1.54) is 12.8 Å². The number of carbonyl (C=O) groups is 1. The molecule has 1 N–H and O–H groups in total. The number of rotatable bonds is 3. The van der Waals surface area contributed by atoms with Gasteiger partial charge in [0.05, 0.1) is 11.5 Å². The molecule has 1 atom stereocenters. The van der Waals surface area contributed by atoms with Crippen LogP contribution in [-0.4, -0.2) is 10.9 Å². The number of aromatic nitrogens is 1. The Morgan fingerprint density at radius 1 is 1.26 bits per heavy atom. The van der Waals surface area contributed by atoms with Crippen LogP contribution in [0, 0.1) is 22.7 Å². The second-order valence-electron chi connectivity index (χ2n) is 7.37. The third-order valence-electron chi connectivity index (χ3n) is 5.84. The summed E-state index contributed by atoms with van der Waals surface area (Å²) < 4.78 is 0. The van der Waals surface area contributed by atoms with E-state index >= 15 is 0 Å². The molecule has 3 aliphatic carbocycles. The van der Waals surface area contributed by atoms with E-state index in [1.807, 2.05) is 12.1 Å². The predicted octanol–water partition coefficient (Wildman–Crippen LogP) is 3.53. The van der Waals surface area contributed by atoms with E-state index in [2.05, 4.69) is 28.5 Å². The quantitative estimate of drug-likeness (QED) is 0.943. The number of hydrogen-bond donors (Lipinski definition) is 1. The van der Waals surface area contributed by atoms with Crippen molar-refractivity contribution in [2.75, 3.05) is 5.32 Å². The fourth-order valence-corrected chi connectivity index (χ4v) is 3.90. The average Bonchev–Trinajstić information content (AvgIpc) is 3.43. The summed E-state index contributed by atoms with van der Waals surface area (Å²) in [5.74, 6) is 0.844. The highest BCUT2D eigenvalue weighted by Crippen LogP contribution is 2.78. The minimum Gasteiger partial charge on any atom is -0.310 e. The number of nitrogens with zero attached hydrogens (tertiary/aromatic N) is 2. The van der Waals surface area contributed by atoms with E-state index in [0.717, 1.165) is 35.6 Å². The van der Waals surface area contributed by atoms with Gasteiger partial charge in [0.1, 0.15) is 5.82 Å². The van der Waals surface area contributed by atoms with Crippen LogP contribution < -0.4 is 5.32 Å². The minimum absolute atomic E-state index is 0.0700. The summed E-state index contributed by atoms with van der Waals surface area (Å²) in [6, 6.07) is 10.7. The van der Waals surface area contributed by atoms with Gasteiger partial charge < -0.3 is 5.32 Å². The molecule has 3 fully saturated rings. The summed E-state index contributed by atoms with van der Waals surface area (Å²) in [5, 5.41) is 14.7. The molecule has 0 saturated heterocycles. The molecule has 1 aromatic heterocycles. The third-order valence-corrected chi connectivity index (χ3v) is 5.84. The summed E-state index contributed by atoms with van der Waals surface area (Å²) >= 11 is 0. The molecule has 0 radical (unpaired) electrons. The molecule has 1 aromatic carbocycles. The molecule has 2 aromatic rings. The van der Waals surface area contributed by atoms with Crippen molar-refractivity contribution in [3.8, 4) is 6.07 Å². The van der Waals surface area contributed by atoms with Gasteiger partial charge in [-0.05, 0) is 60.6 Å². The molecule has 1 spiro atoms. The molecule has 3 aliphatic rings. The Kier molecular flexibility index (Phi) is 2.33. The Bertz CT molecular complexity index is 889. The number of anilines is 1. The van der Waals surface area contributed by atoms with Crippen molar-refractivity contribution >= 4 is 22.5 Å². The molecule has 5 rings (SSSR count). The molecule has 1 heterocycles. The first kappa shape index (κ1) is 13.1. The van der Waals surface area contributed by atoms with Gasteiger partial charge in [-0.1, -0.05) is 12.1 Å². The van der Waals surface area contributed by atoms with Crippen molar-refractivity contribution in [1.29, 1.82) is 5.26 Å². The van der Waals surface area contributed by atoms with Crippen molar-refractivity contribution in [2.45, 2.75) is 37.5 Å². The second-order valence-corrected chi connectivity index (χ2v) is 7.37. The number of hydrogen-bond acceptors (Lipinski definition) is 3. The summed E-state index contributed by atoms with van der Waals surface area (Å²) in [6.45, 7) is 0. The maximum atomic E-state index is 11.9. The maximum Gasteiger partial charge on any atom is 0.228 e. The fraction of sp³-hybridized carbons (Fsp3) is 0.421. The largest absolute Gasteiger partial charge is 0.310 e. The number of amides is 1. The molecule has 114 valence electrons. The lowest BCUT2D eigenvalue weighted by atomic mass is 9.92. The normalized spacial score (nSPS) is 26.7. The minimum atomic E-state index is -0.276.